The van der Waals surface area contributed by atoms with Gasteiger partial charge in [-0.1, -0.05) is 11.6 Å². The molecule has 136 valence electrons. The van der Waals surface area contributed by atoms with Crippen LogP contribution in [0.5, 0.6) is 0 Å². The van der Waals surface area contributed by atoms with Gasteiger partial charge in [-0.05, 0) is 76.6 Å². The highest BCUT2D eigenvalue weighted by Gasteiger charge is 2.10. The van der Waals surface area contributed by atoms with E-state index in [1.165, 1.54) is 11.1 Å². The topological polar surface area (TPSA) is 59.4 Å². The summed E-state index contributed by atoms with van der Waals surface area (Å²) < 4.78 is 4.97. The van der Waals surface area contributed by atoms with E-state index >= 15 is 0 Å². The molecule has 1 atom stereocenters. The Morgan fingerprint density at radius 1 is 1.24 bits per heavy atom. The fraction of sp³-hybridized carbons (Fsp3) is 0.524. The lowest BCUT2D eigenvalue weighted by atomic mass is 9.99. The van der Waals surface area contributed by atoms with Crippen LogP contribution >= 0.6 is 0 Å². The predicted molar refractivity (Wildman–Crippen MR) is 101 cm³/mol. The minimum atomic E-state index is -0.327. The molecule has 0 aliphatic heterocycles. The Morgan fingerprint density at radius 2 is 2.04 bits per heavy atom. The lowest BCUT2D eigenvalue weighted by Crippen LogP contribution is -2.06. The van der Waals surface area contributed by atoms with Crippen molar-refractivity contribution >= 4 is 16.9 Å². The molecule has 1 aromatic carbocycles. The first-order valence-electron chi connectivity index (χ1n) is 9.22. The summed E-state index contributed by atoms with van der Waals surface area (Å²) in [6.07, 6.45) is 4.27. The number of carbonyl (C=O) groups is 1. The number of nitrogens with zero attached hydrogens (tertiary/aromatic N) is 1. The maximum Gasteiger partial charge on any atom is 0.305 e. The molecule has 1 N–H and O–H groups in total. The van der Waals surface area contributed by atoms with Crippen molar-refractivity contribution < 1.29 is 14.6 Å². The maximum absolute atomic E-state index is 11.4. The van der Waals surface area contributed by atoms with Gasteiger partial charge in [0.05, 0.1) is 18.2 Å². The van der Waals surface area contributed by atoms with E-state index in [0.29, 0.717) is 19.4 Å². The summed E-state index contributed by atoms with van der Waals surface area (Å²) in [6, 6.07) is 8.51. The van der Waals surface area contributed by atoms with Crippen molar-refractivity contribution in [3.63, 3.8) is 0 Å². The molecule has 0 aliphatic carbocycles. The number of aromatic nitrogens is 1. The third-order valence-electron chi connectivity index (χ3n) is 4.32. The van der Waals surface area contributed by atoms with Crippen LogP contribution in [0.15, 0.2) is 24.3 Å². The van der Waals surface area contributed by atoms with Crippen molar-refractivity contribution in [3.8, 4) is 0 Å². The van der Waals surface area contributed by atoms with Crippen LogP contribution in [0.1, 0.15) is 56.4 Å². The fourth-order valence-electron chi connectivity index (χ4n) is 2.98. The van der Waals surface area contributed by atoms with Crippen LogP contribution in [0.25, 0.3) is 10.9 Å². The number of unbranched alkanes of at least 4 members (excludes halogenated alkanes) is 1. The third kappa shape index (κ3) is 6.13. The standard InChI is InChI=1S/C21H29NO3/c1-4-25-21(24)8-6-5-7-17-14-18-13-15(2)9-11-20(18)22-19(17)12-10-16(3)23/h9,11,13-14,16,23H,4-8,10,12H2,1-3H3. The molecule has 0 aliphatic rings. The van der Waals surface area contributed by atoms with Crippen molar-refractivity contribution in [2.24, 2.45) is 0 Å². The van der Waals surface area contributed by atoms with Gasteiger partial charge in [-0.2, -0.15) is 0 Å². The van der Waals surface area contributed by atoms with Crippen LogP contribution in [0, 0.1) is 6.92 Å². The molecular weight excluding hydrogens is 314 g/mol. The van der Waals surface area contributed by atoms with Gasteiger partial charge in [0.25, 0.3) is 0 Å². The number of aliphatic hydroxyl groups is 1. The summed E-state index contributed by atoms with van der Waals surface area (Å²) in [4.78, 5) is 16.3. The van der Waals surface area contributed by atoms with Crippen molar-refractivity contribution in [3.05, 3.63) is 41.1 Å². The molecule has 0 amide bonds. The Balaban J connectivity index is 2.10. The second-order valence-corrected chi connectivity index (χ2v) is 6.69. The lowest BCUT2D eigenvalue weighted by molar-refractivity contribution is -0.143. The second-order valence-electron chi connectivity index (χ2n) is 6.69. The number of hydrogen-bond acceptors (Lipinski definition) is 4. The van der Waals surface area contributed by atoms with Gasteiger partial charge in [-0.15, -0.1) is 0 Å². The molecule has 1 aromatic heterocycles. The summed E-state index contributed by atoms with van der Waals surface area (Å²) >= 11 is 0. The van der Waals surface area contributed by atoms with Gasteiger partial charge in [0, 0.05) is 17.5 Å². The molecule has 25 heavy (non-hydrogen) atoms. The Kier molecular flexibility index (Phi) is 7.38. The average molecular weight is 343 g/mol. The molecule has 1 heterocycles. The van der Waals surface area contributed by atoms with Gasteiger partial charge in [-0.3, -0.25) is 9.78 Å². The number of hydrogen-bond donors (Lipinski definition) is 1. The Hall–Kier alpha value is -1.94. The second kappa shape index (κ2) is 9.52. The van der Waals surface area contributed by atoms with E-state index in [2.05, 4.69) is 31.2 Å². The van der Waals surface area contributed by atoms with Gasteiger partial charge in [-0.25, -0.2) is 0 Å². The SMILES string of the molecule is CCOC(=O)CCCCc1cc2cc(C)ccc2nc1CCC(C)O. The Labute approximate surface area is 150 Å². The Morgan fingerprint density at radius 3 is 2.76 bits per heavy atom. The zero-order valence-electron chi connectivity index (χ0n) is 15.5. The number of benzene rings is 1. The largest absolute Gasteiger partial charge is 0.466 e. The number of aliphatic hydroxyl groups excluding tert-OH is 1. The molecule has 2 rings (SSSR count). The third-order valence-corrected chi connectivity index (χ3v) is 4.32. The highest BCUT2D eigenvalue weighted by molar-refractivity contribution is 5.80. The quantitative estimate of drug-likeness (QED) is 0.549. The monoisotopic (exact) mass is 343 g/mol. The zero-order chi connectivity index (χ0) is 18.2. The van der Waals surface area contributed by atoms with Crippen molar-refractivity contribution in [2.75, 3.05) is 6.61 Å². The fourth-order valence-corrected chi connectivity index (χ4v) is 2.98. The zero-order valence-corrected chi connectivity index (χ0v) is 15.5. The number of rotatable bonds is 9. The smallest absolute Gasteiger partial charge is 0.305 e. The number of fused-ring (bicyclic) bond motifs is 1. The van der Waals surface area contributed by atoms with Gasteiger partial charge in [0.15, 0.2) is 0 Å². The van der Waals surface area contributed by atoms with E-state index in [9.17, 15) is 9.90 Å². The van der Waals surface area contributed by atoms with Crippen LogP contribution in [-0.2, 0) is 22.4 Å². The molecule has 0 saturated carbocycles. The molecule has 0 spiro atoms. The lowest BCUT2D eigenvalue weighted by Gasteiger charge is -2.12. The van der Waals surface area contributed by atoms with Gasteiger partial charge >= 0.3 is 5.97 Å². The van der Waals surface area contributed by atoms with Gasteiger partial charge in [0.1, 0.15) is 0 Å². The van der Waals surface area contributed by atoms with E-state index in [-0.39, 0.29) is 12.1 Å². The minimum absolute atomic E-state index is 0.121. The van der Waals surface area contributed by atoms with Crippen LogP contribution in [-0.4, -0.2) is 28.8 Å². The average Bonchev–Trinajstić information content (AvgIpc) is 2.56. The number of carbonyl (C=O) groups excluding carboxylic acids is 1. The summed E-state index contributed by atoms with van der Waals surface area (Å²) in [7, 11) is 0. The molecular formula is C21H29NO3. The normalized spacial score (nSPS) is 12.3. The van der Waals surface area contributed by atoms with Gasteiger partial charge in [0.2, 0.25) is 0 Å². The van der Waals surface area contributed by atoms with E-state index in [1.54, 1.807) is 0 Å². The molecule has 4 heteroatoms. The number of ether oxygens (including phenoxy) is 1. The molecule has 0 fully saturated rings. The first-order valence-corrected chi connectivity index (χ1v) is 9.22. The Bertz CT molecular complexity index is 710. The number of esters is 1. The summed E-state index contributed by atoms with van der Waals surface area (Å²) in [5, 5.41) is 10.8. The molecule has 0 bridgehead atoms. The molecule has 0 saturated heterocycles. The highest BCUT2D eigenvalue weighted by Crippen LogP contribution is 2.21. The highest BCUT2D eigenvalue weighted by atomic mass is 16.5. The van der Waals surface area contributed by atoms with Crippen LogP contribution in [0.4, 0.5) is 0 Å². The molecule has 4 nitrogen and oxygen atoms in total. The van der Waals surface area contributed by atoms with Crippen molar-refractivity contribution in [1.29, 1.82) is 0 Å². The summed E-state index contributed by atoms with van der Waals surface area (Å²) in [5.74, 6) is -0.121. The molecule has 1 unspecified atom stereocenters. The van der Waals surface area contributed by atoms with E-state index in [4.69, 9.17) is 9.72 Å². The minimum Gasteiger partial charge on any atom is -0.466 e. The van der Waals surface area contributed by atoms with Crippen LogP contribution in [0.2, 0.25) is 0 Å². The number of aryl methyl sites for hydroxylation is 3. The summed E-state index contributed by atoms with van der Waals surface area (Å²) in [5.41, 5.74) is 4.51. The molecule has 2 aromatic rings. The van der Waals surface area contributed by atoms with Crippen molar-refractivity contribution in [1.82, 2.24) is 4.98 Å². The predicted octanol–water partition coefficient (Wildman–Crippen LogP) is 4.13. The van der Waals surface area contributed by atoms with Gasteiger partial charge < -0.3 is 9.84 Å². The van der Waals surface area contributed by atoms with Crippen molar-refractivity contribution in [2.45, 2.75) is 65.4 Å². The van der Waals surface area contributed by atoms with E-state index < -0.39 is 0 Å². The first kappa shape index (κ1) is 19.4. The molecule has 0 radical (unpaired) electrons. The summed E-state index contributed by atoms with van der Waals surface area (Å²) in [6.45, 7) is 6.16. The number of pyridine rings is 1. The maximum atomic E-state index is 11.4. The van der Waals surface area contributed by atoms with Crippen LogP contribution in [0.3, 0.4) is 0 Å². The van der Waals surface area contributed by atoms with Crippen LogP contribution < -0.4 is 0 Å². The van der Waals surface area contributed by atoms with E-state index in [0.717, 1.165) is 42.3 Å². The first-order chi connectivity index (χ1) is 12.0. The van der Waals surface area contributed by atoms with E-state index in [1.807, 2.05) is 13.8 Å².